The number of benzene rings is 3. The average molecular weight is 489 g/mol. The van der Waals surface area contributed by atoms with Gasteiger partial charge in [-0.15, -0.1) is 11.3 Å². The molecule has 0 bridgehead atoms. The van der Waals surface area contributed by atoms with Gasteiger partial charge in [0.15, 0.2) is 0 Å². The number of carbonyl (C=O) groups is 1. The average Bonchev–Trinajstić information content (AvgIpc) is 3.33. The Labute approximate surface area is 204 Å². The van der Waals surface area contributed by atoms with Gasteiger partial charge in [0.2, 0.25) is 0 Å². The smallest absolute Gasteiger partial charge is 0.279 e. The Morgan fingerprint density at radius 3 is 2.06 bits per heavy atom. The van der Waals surface area contributed by atoms with Gasteiger partial charge in [0.1, 0.15) is 10.6 Å². The van der Waals surface area contributed by atoms with Crippen LogP contribution in [0, 0.1) is 34.1 Å². The first-order chi connectivity index (χ1) is 16.7. The van der Waals surface area contributed by atoms with Crippen molar-refractivity contribution in [2.75, 3.05) is 0 Å². The van der Waals surface area contributed by atoms with Crippen LogP contribution in [0.1, 0.15) is 27.0 Å². The molecule has 3 aromatic carbocycles. The highest BCUT2D eigenvalue weighted by Crippen LogP contribution is 2.30. The van der Waals surface area contributed by atoms with E-state index in [1.807, 2.05) is 60.8 Å². The molecule has 1 amide bonds. The van der Waals surface area contributed by atoms with Gasteiger partial charge >= 0.3 is 0 Å². The highest BCUT2D eigenvalue weighted by molar-refractivity contribution is 7.13. The van der Waals surface area contributed by atoms with E-state index in [-0.39, 0.29) is 17.7 Å². The zero-order valence-corrected chi connectivity index (χ0v) is 19.7. The van der Waals surface area contributed by atoms with Crippen molar-refractivity contribution in [3.05, 3.63) is 109 Å². The van der Waals surface area contributed by atoms with Crippen molar-refractivity contribution in [1.82, 2.24) is 10.3 Å². The minimum atomic E-state index is -0.735. The van der Waals surface area contributed by atoms with Crippen LogP contribution >= 0.6 is 11.3 Å². The molecule has 0 saturated carbocycles. The number of hydrogen-bond donors (Lipinski definition) is 1. The third kappa shape index (κ3) is 5.22. The van der Waals surface area contributed by atoms with Crippen LogP contribution in [-0.4, -0.2) is 20.7 Å². The van der Waals surface area contributed by atoms with Crippen LogP contribution in [0.25, 0.3) is 21.8 Å². The van der Waals surface area contributed by atoms with Gasteiger partial charge in [-0.25, -0.2) is 4.98 Å². The molecule has 35 heavy (non-hydrogen) atoms. The third-order valence-electron chi connectivity index (χ3n) is 5.51. The molecule has 0 aliphatic heterocycles. The van der Waals surface area contributed by atoms with Crippen LogP contribution in [0.5, 0.6) is 0 Å². The summed E-state index contributed by atoms with van der Waals surface area (Å²) in [7, 11) is 0. The molecule has 0 spiro atoms. The van der Waals surface area contributed by atoms with Gasteiger partial charge in [-0.1, -0.05) is 54.1 Å². The number of carbonyl (C=O) groups excluding carboxylic acids is 1. The maximum Gasteiger partial charge on any atom is 0.279 e. The summed E-state index contributed by atoms with van der Waals surface area (Å²) in [6.07, 6.45) is 0. The first-order valence-electron chi connectivity index (χ1n) is 10.6. The lowest BCUT2D eigenvalue weighted by molar-refractivity contribution is -0.395. The van der Waals surface area contributed by atoms with Crippen LogP contribution < -0.4 is 5.32 Å². The summed E-state index contributed by atoms with van der Waals surface area (Å²) >= 11 is 1.54. The van der Waals surface area contributed by atoms with E-state index in [0.717, 1.165) is 39.5 Å². The number of nitro benzene ring substituents is 2. The molecule has 1 N–H and O–H groups in total. The zero-order chi connectivity index (χ0) is 25.1. The second-order valence-electron chi connectivity index (χ2n) is 7.94. The molecule has 4 rings (SSSR count). The number of thiazole rings is 1. The predicted octanol–water partition coefficient (Wildman–Crippen LogP) is 5.84. The van der Waals surface area contributed by atoms with E-state index in [1.165, 1.54) is 12.5 Å². The maximum atomic E-state index is 12.6. The molecule has 0 aliphatic carbocycles. The van der Waals surface area contributed by atoms with E-state index in [2.05, 4.69) is 5.32 Å². The van der Waals surface area contributed by atoms with Crippen molar-refractivity contribution < 1.29 is 14.6 Å². The number of nitrogens with one attached hydrogen (secondary N) is 1. The van der Waals surface area contributed by atoms with Gasteiger partial charge in [0.05, 0.1) is 21.1 Å². The van der Waals surface area contributed by atoms with E-state index in [9.17, 15) is 25.0 Å². The Balaban J connectivity index is 1.45. The summed E-state index contributed by atoms with van der Waals surface area (Å²) in [6, 6.07) is 17.8. The van der Waals surface area contributed by atoms with Gasteiger partial charge in [-0.2, -0.15) is 0 Å². The molecule has 176 valence electrons. The predicted molar refractivity (Wildman–Crippen MR) is 133 cm³/mol. The van der Waals surface area contributed by atoms with Crippen LogP contribution in [0.2, 0.25) is 0 Å². The molecule has 10 heteroatoms. The molecule has 4 aromatic rings. The number of hydrogen-bond acceptors (Lipinski definition) is 7. The maximum absolute atomic E-state index is 12.6. The lowest BCUT2D eigenvalue weighted by Crippen LogP contribution is -2.23. The Bertz CT molecular complexity index is 1390. The second kappa shape index (κ2) is 9.82. The van der Waals surface area contributed by atoms with Crippen LogP contribution in [0.4, 0.5) is 11.4 Å². The summed E-state index contributed by atoms with van der Waals surface area (Å²) in [5.41, 5.74) is 3.70. The largest absolute Gasteiger partial charge is 0.348 e. The topological polar surface area (TPSA) is 128 Å². The van der Waals surface area contributed by atoms with Crippen molar-refractivity contribution >= 4 is 28.6 Å². The lowest BCUT2D eigenvalue weighted by Gasteiger charge is -2.07. The summed E-state index contributed by atoms with van der Waals surface area (Å²) in [5.74, 6) is -0.636. The molecule has 0 saturated heterocycles. The van der Waals surface area contributed by atoms with Crippen molar-refractivity contribution in [3.63, 3.8) is 0 Å². The summed E-state index contributed by atoms with van der Waals surface area (Å²) < 4.78 is 0. The minimum Gasteiger partial charge on any atom is -0.348 e. The Morgan fingerprint density at radius 2 is 1.49 bits per heavy atom. The molecule has 9 nitrogen and oxygen atoms in total. The Hall–Kier alpha value is -4.44. The molecule has 0 fully saturated rings. The molecule has 1 aromatic heterocycles. The lowest BCUT2D eigenvalue weighted by atomic mass is 10.1. The van der Waals surface area contributed by atoms with Crippen molar-refractivity contribution in [2.24, 2.45) is 0 Å². The minimum absolute atomic E-state index is 0.0974. The van der Waals surface area contributed by atoms with E-state index in [4.69, 9.17) is 4.98 Å². The molecular formula is C25H20N4O5S. The van der Waals surface area contributed by atoms with Crippen LogP contribution in [0.15, 0.2) is 66.0 Å². The number of rotatable bonds is 7. The Morgan fingerprint density at radius 1 is 0.914 bits per heavy atom. The van der Waals surface area contributed by atoms with Crippen molar-refractivity contribution in [3.8, 4) is 21.8 Å². The fraction of sp³-hybridized carbons (Fsp3) is 0.120. The number of amides is 1. The fourth-order valence-corrected chi connectivity index (χ4v) is 4.34. The summed E-state index contributed by atoms with van der Waals surface area (Å²) in [5, 5.41) is 28.0. The molecule has 0 atom stereocenters. The third-order valence-corrected chi connectivity index (χ3v) is 6.41. The van der Waals surface area contributed by atoms with E-state index >= 15 is 0 Å². The van der Waals surface area contributed by atoms with Gasteiger partial charge in [-0.05, 0) is 19.4 Å². The first kappa shape index (κ1) is 23.7. The van der Waals surface area contributed by atoms with Gasteiger partial charge in [-0.3, -0.25) is 25.0 Å². The van der Waals surface area contributed by atoms with E-state index < -0.39 is 27.1 Å². The Kier molecular flexibility index (Phi) is 6.65. The summed E-state index contributed by atoms with van der Waals surface area (Å²) in [6.45, 7) is 3.47. The SMILES string of the molecule is Cc1ccc(-c2csc(-c3ccc(CNC(=O)c4cc([N+](=O)[O-])c(C)c([N+](=O)[O-])c4)cc3)n2)cc1. The number of aromatic nitrogens is 1. The van der Waals surface area contributed by atoms with Crippen LogP contribution in [0.3, 0.4) is 0 Å². The fourth-order valence-electron chi connectivity index (χ4n) is 3.51. The number of aryl methyl sites for hydroxylation is 1. The quantitative estimate of drug-likeness (QED) is 0.257. The highest BCUT2D eigenvalue weighted by atomic mass is 32.1. The first-order valence-corrected chi connectivity index (χ1v) is 11.4. The number of nitrogens with zero attached hydrogens (tertiary/aromatic N) is 3. The van der Waals surface area contributed by atoms with Crippen LogP contribution in [-0.2, 0) is 6.54 Å². The van der Waals surface area contributed by atoms with E-state index in [1.54, 1.807) is 11.3 Å². The molecule has 0 aliphatic rings. The van der Waals surface area contributed by atoms with Crippen molar-refractivity contribution in [1.29, 1.82) is 0 Å². The molecule has 0 unspecified atom stereocenters. The standard InChI is InChI=1S/C25H20N4O5S/c1-15-3-7-18(8-4-15)21-14-35-25(27-21)19-9-5-17(6-10-19)13-26-24(30)20-11-22(28(31)32)16(2)23(12-20)29(33)34/h3-12,14H,13H2,1-2H3,(H,26,30). The second-order valence-corrected chi connectivity index (χ2v) is 8.80. The molecular weight excluding hydrogens is 468 g/mol. The van der Waals surface area contributed by atoms with Gasteiger partial charge in [0.25, 0.3) is 17.3 Å². The highest BCUT2D eigenvalue weighted by Gasteiger charge is 2.25. The van der Waals surface area contributed by atoms with Gasteiger partial charge < -0.3 is 5.32 Å². The van der Waals surface area contributed by atoms with Gasteiger partial charge in [0, 0.05) is 35.2 Å². The monoisotopic (exact) mass is 488 g/mol. The van der Waals surface area contributed by atoms with E-state index in [0.29, 0.717) is 0 Å². The molecule has 1 heterocycles. The zero-order valence-electron chi connectivity index (χ0n) is 18.8. The number of nitro groups is 2. The molecule has 0 radical (unpaired) electrons. The van der Waals surface area contributed by atoms with Crippen molar-refractivity contribution in [2.45, 2.75) is 20.4 Å². The normalized spacial score (nSPS) is 10.7. The summed E-state index contributed by atoms with van der Waals surface area (Å²) in [4.78, 5) is 38.3.